The number of halogens is 1. The van der Waals surface area contributed by atoms with E-state index in [9.17, 15) is 9.90 Å². The number of carbonyl (C=O) groups is 1. The topological polar surface area (TPSA) is 78.5 Å². The zero-order chi connectivity index (χ0) is 25.4. The maximum Gasteiger partial charge on any atom is 0.273 e. The van der Waals surface area contributed by atoms with E-state index in [0.717, 1.165) is 32.9 Å². The van der Waals surface area contributed by atoms with Crippen molar-refractivity contribution < 1.29 is 14.6 Å². The third-order valence-corrected chi connectivity index (χ3v) is 7.78. The Kier molecular flexibility index (Phi) is 6.69. The molecule has 0 saturated heterocycles. The van der Waals surface area contributed by atoms with Gasteiger partial charge in [-0.15, -0.1) is 11.8 Å². The van der Waals surface area contributed by atoms with E-state index < -0.39 is 0 Å². The minimum Gasteiger partial charge on any atom is -0.507 e. The van der Waals surface area contributed by atoms with Gasteiger partial charge < -0.3 is 14.7 Å². The molecule has 0 saturated carbocycles. The summed E-state index contributed by atoms with van der Waals surface area (Å²) in [5.74, 6) is 0.755. The van der Waals surface area contributed by atoms with Crippen LogP contribution < -0.4 is 4.74 Å². The summed E-state index contributed by atoms with van der Waals surface area (Å²) in [5.41, 5.74) is 5.08. The first-order valence-corrected chi connectivity index (χ1v) is 13.2. The average molecular weight is 520 g/mol. The first-order valence-electron chi connectivity index (χ1n) is 11.6. The lowest BCUT2D eigenvalue weighted by Crippen LogP contribution is -2.31. The highest BCUT2D eigenvalue weighted by Gasteiger charge is 2.42. The van der Waals surface area contributed by atoms with E-state index in [-0.39, 0.29) is 17.7 Å². The van der Waals surface area contributed by atoms with Crippen LogP contribution in [0.25, 0.3) is 11.3 Å². The van der Waals surface area contributed by atoms with Gasteiger partial charge in [-0.25, -0.2) is 0 Å². The largest absolute Gasteiger partial charge is 0.507 e. The van der Waals surface area contributed by atoms with Crippen molar-refractivity contribution in [2.45, 2.75) is 24.3 Å². The fourth-order valence-electron chi connectivity index (χ4n) is 4.66. The predicted molar refractivity (Wildman–Crippen MR) is 143 cm³/mol. The van der Waals surface area contributed by atoms with E-state index in [0.29, 0.717) is 34.9 Å². The molecule has 1 aliphatic rings. The number of nitrogens with zero attached hydrogens (tertiary/aromatic N) is 2. The molecule has 1 atom stereocenters. The molecule has 2 heterocycles. The van der Waals surface area contributed by atoms with E-state index in [1.165, 1.54) is 0 Å². The van der Waals surface area contributed by atoms with E-state index in [2.05, 4.69) is 34.5 Å². The fourth-order valence-corrected chi connectivity index (χ4v) is 5.23. The van der Waals surface area contributed by atoms with Gasteiger partial charge in [0.25, 0.3) is 5.91 Å². The summed E-state index contributed by atoms with van der Waals surface area (Å²) in [7, 11) is 1.64. The lowest BCUT2D eigenvalue weighted by molar-refractivity contribution is 0.0746. The van der Waals surface area contributed by atoms with E-state index in [4.69, 9.17) is 16.3 Å². The lowest BCUT2D eigenvalue weighted by Gasteiger charge is -2.27. The zero-order valence-electron chi connectivity index (χ0n) is 20.2. The average Bonchev–Trinajstić information content (AvgIpc) is 3.44. The van der Waals surface area contributed by atoms with E-state index in [1.54, 1.807) is 31.0 Å². The molecule has 184 valence electrons. The number of aryl methyl sites for hydroxylation is 1. The van der Waals surface area contributed by atoms with Crippen molar-refractivity contribution in [2.24, 2.45) is 0 Å². The molecular formula is C28H26ClN3O3S. The van der Waals surface area contributed by atoms with E-state index >= 15 is 0 Å². The lowest BCUT2D eigenvalue weighted by atomic mass is 9.95. The summed E-state index contributed by atoms with van der Waals surface area (Å²) < 4.78 is 5.26. The van der Waals surface area contributed by atoms with Gasteiger partial charge in [-0.2, -0.15) is 5.10 Å². The standard InChI is InChI=1S/C28H26ClN3O3S/c1-16-14-23(33)21(15-22(16)29)25-24-26(31-30-25)28(34)32(13-12-17-4-8-19(35-2)9-5-17)27(24)18-6-10-20(36-3)11-7-18/h4-11,14-15,27,33H,12-13H2,1-3H3,(H,30,31)/t27-/m0/s1. The van der Waals surface area contributed by atoms with Crippen molar-refractivity contribution in [1.29, 1.82) is 0 Å². The quantitative estimate of drug-likeness (QED) is 0.282. The molecule has 1 aromatic heterocycles. The number of hydrogen-bond donors (Lipinski definition) is 2. The summed E-state index contributed by atoms with van der Waals surface area (Å²) in [5, 5.41) is 18.7. The maximum atomic E-state index is 13.6. The number of phenolic OH excluding ortho intramolecular Hbond substituents is 1. The van der Waals surface area contributed by atoms with Crippen LogP contribution in [0.2, 0.25) is 5.02 Å². The molecule has 8 heteroatoms. The number of nitrogens with one attached hydrogen (secondary N) is 1. The Bertz CT molecular complexity index is 1420. The van der Waals surface area contributed by atoms with Crippen LogP contribution in [0.5, 0.6) is 11.5 Å². The summed E-state index contributed by atoms with van der Waals surface area (Å²) in [6, 6.07) is 19.1. The molecule has 0 bridgehead atoms. The van der Waals surface area contributed by atoms with Crippen LogP contribution in [0.4, 0.5) is 0 Å². The minimum absolute atomic E-state index is 0.0758. The Labute approximate surface area is 219 Å². The van der Waals surface area contributed by atoms with Crippen LogP contribution >= 0.6 is 23.4 Å². The Balaban J connectivity index is 1.57. The second-order valence-corrected chi connectivity index (χ2v) is 10.0. The van der Waals surface area contributed by atoms with Crippen LogP contribution in [-0.2, 0) is 6.42 Å². The Morgan fingerprint density at radius 3 is 2.53 bits per heavy atom. The minimum atomic E-state index is -0.352. The van der Waals surface area contributed by atoms with Crippen LogP contribution in [0.15, 0.2) is 65.6 Å². The van der Waals surface area contributed by atoms with Crippen LogP contribution in [0.1, 0.15) is 38.8 Å². The number of ether oxygens (including phenoxy) is 1. The molecule has 5 rings (SSSR count). The number of aromatic amines is 1. The van der Waals surface area contributed by atoms with Gasteiger partial charge in [-0.1, -0.05) is 35.9 Å². The third kappa shape index (κ3) is 4.33. The van der Waals surface area contributed by atoms with Crippen LogP contribution in [-0.4, -0.2) is 46.0 Å². The van der Waals surface area contributed by atoms with Crippen molar-refractivity contribution in [3.8, 4) is 22.8 Å². The van der Waals surface area contributed by atoms with Crippen molar-refractivity contribution in [3.05, 3.63) is 93.6 Å². The molecule has 1 aliphatic heterocycles. The van der Waals surface area contributed by atoms with Gasteiger partial charge in [0.05, 0.1) is 13.2 Å². The highest BCUT2D eigenvalue weighted by Crippen LogP contribution is 2.45. The van der Waals surface area contributed by atoms with Crippen LogP contribution in [0, 0.1) is 6.92 Å². The summed E-state index contributed by atoms with van der Waals surface area (Å²) in [6.07, 6.45) is 2.72. The molecule has 2 N–H and O–H groups in total. The second-order valence-electron chi connectivity index (χ2n) is 8.75. The predicted octanol–water partition coefficient (Wildman–Crippen LogP) is 6.26. The number of rotatable bonds is 7. The Morgan fingerprint density at radius 1 is 1.14 bits per heavy atom. The van der Waals surface area contributed by atoms with Gasteiger partial charge in [0.1, 0.15) is 22.9 Å². The molecule has 0 unspecified atom stereocenters. The number of phenols is 1. The molecule has 0 fully saturated rings. The molecule has 6 nitrogen and oxygen atoms in total. The molecule has 0 spiro atoms. The smallest absolute Gasteiger partial charge is 0.273 e. The van der Waals surface area contributed by atoms with Gasteiger partial charge in [-0.3, -0.25) is 9.89 Å². The number of H-pyrrole nitrogens is 1. The number of aromatic nitrogens is 2. The SMILES string of the molecule is COc1ccc(CCN2C(=O)c3[nH]nc(-c4cc(Cl)c(C)cc4O)c3[C@@H]2c2ccc(SC)cc2)cc1. The highest BCUT2D eigenvalue weighted by molar-refractivity contribution is 7.98. The summed E-state index contributed by atoms with van der Waals surface area (Å²) in [4.78, 5) is 16.6. The van der Waals surface area contributed by atoms with Gasteiger partial charge in [0.15, 0.2) is 0 Å². The van der Waals surface area contributed by atoms with Gasteiger partial charge in [-0.05, 0) is 72.7 Å². The zero-order valence-corrected chi connectivity index (χ0v) is 21.8. The number of amides is 1. The number of hydrogen-bond acceptors (Lipinski definition) is 5. The van der Waals surface area contributed by atoms with Gasteiger partial charge in [0, 0.05) is 27.6 Å². The molecule has 0 aliphatic carbocycles. The molecule has 36 heavy (non-hydrogen) atoms. The Morgan fingerprint density at radius 2 is 1.86 bits per heavy atom. The first-order chi connectivity index (χ1) is 17.4. The number of aromatic hydroxyl groups is 1. The molecule has 4 aromatic rings. The Hall–Kier alpha value is -3.42. The normalized spacial score (nSPS) is 14.8. The third-order valence-electron chi connectivity index (χ3n) is 6.63. The maximum absolute atomic E-state index is 13.6. The number of benzene rings is 3. The van der Waals surface area contributed by atoms with Crippen molar-refractivity contribution in [3.63, 3.8) is 0 Å². The van der Waals surface area contributed by atoms with Gasteiger partial charge in [0.2, 0.25) is 0 Å². The van der Waals surface area contributed by atoms with Gasteiger partial charge >= 0.3 is 0 Å². The van der Waals surface area contributed by atoms with E-state index in [1.807, 2.05) is 42.3 Å². The summed E-state index contributed by atoms with van der Waals surface area (Å²) in [6.45, 7) is 2.35. The number of methoxy groups -OCH3 is 1. The monoisotopic (exact) mass is 519 g/mol. The fraction of sp³-hybridized carbons (Fsp3) is 0.214. The second kappa shape index (κ2) is 9.91. The number of thioether (sulfide) groups is 1. The first kappa shape index (κ1) is 24.3. The molecule has 0 radical (unpaired) electrons. The van der Waals surface area contributed by atoms with Crippen molar-refractivity contribution in [2.75, 3.05) is 19.9 Å². The number of carbonyl (C=O) groups excluding carboxylic acids is 1. The summed E-state index contributed by atoms with van der Waals surface area (Å²) >= 11 is 8.07. The van der Waals surface area contributed by atoms with Crippen molar-refractivity contribution in [1.82, 2.24) is 15.1 Å². The molecular weight excluding hydrogens is 494 g/mol. The number of fused-ring (bicyclic) bond motifs is 1. The van der Waals surface area contributed by atoms with Crippen LogP contribution in [0.3, 0.4) is 0 Å². The molecule has 1 amide bonds. The molecule has 3 aromatic carbocycles. The van der Waals surface area contributed by atoms with Crippen molar-refractivity contribution >= 4 is 29.3 Å². The highest BCUT2D eigenvalue weighted by atomic mass is 35.5.